The third-order valence-electron chi connectivity index (χ3n) is 4.65. The minimum atomic E-state index is -0.253. The third kappa shape index (κ3) is 2.97. The molecule has 0 radical (unpaired) electrons. The predicted molar refractivity (Wildman–Crippen MR) is 97.0 cm³/mol. The van der Waals surface area contributed by atoms with Gasteiger partial charge in [-0.25, -0.2) is 9.67 Å². The molecule has 7 nitrogen and oxygen atoms in total. The summed E-state index contributed by atoms with van der Waals surface area (Å²) in [4.78, 5) is 29.2. The molecule has 0 aromatic carbocycles. The molecule has 25 heavy (non-hydrogen) atoms. The quantitative estimate of drug-likeness (QED) is 0.778. The summed E-state index contributed by atoms with van der Waals surface area (Å²) in [5.74, 6) is 0.433. The Morgan fingerprint density at radius 3 is 3.00 bits per heavy atom. The summed E-state index contributed by atoms with van der Waals surface area (Å²) < 4.78 is 3.82. The lowest BCUT2D eigenvalue weighted by atomic mass is 10.2. The Hall–Kier alpha value is -2.48. The first-order valence-corrected chi connectivity index (χ1v) is 9.28. The first-order chi connectivity index (χ1) is 12.1. The molecule has 3 heterocycles. The Balaban J connectivity index is 1.52. The van der Waals surface area contributed by atoms with Crippen molar-refractivity contribution in [2.45, 2.75) is 45.2 Å². The lowest BCUT2D eigenvalue weighted by molar-refractivity contribution is -0.116. The minimum absolute atomic E-state index is 0.0609. The number of nitrogens with zero attached hydrogens (tertiary/aromatic N) is 4. The van der Waals surface area contributed by atoms with Crippen molar-refractivity contribution in [1.29, 1.82) is 0 Å². The highest BCUT2D eigenvalue weighted by molar-refractivity contribution is 7.17. The predicted octanol–water partition coefficient (Wildman–Crippen LogP) is 2.72. The van der Waals surface area contributed by atoms with Crippen LogP contribution >= 0.6 is 11.3 Å². The van der Waals surface area contributed by atoms with Gasteiger partial charge in [0.2, 0.25) is 5.91 Å². The Labute approximate surface area is 148 Å². The van der Waals surface area contributed by atoms with Crippen LogP contribution in [-0.4, -0.2) is 25.2 Å². The lowest BCUT2D eigenvalue weighted by Crippen LogP contribution is -2.28. The Morgan fingerprint density at radius 2 is 2.20 bits per heavy atom. The van der Waals surface area contributed by atoms with E-state index in [2.05, 4.69) is 15.4 Å². The average Bonchev–Trinajstić information content (AvgIpc) is 3.31. The van der Waals surface area contributed by atoms with E-state index in [0.29, 0.717) is 22.1 Å². The molecule has 1 fully saturated rings. The fraction of sp³-hybridized carbons (Fsp3) is 0.412. The number of anilines is 1. The molecule has 1 saturated carbocycles. The number of aryl methyl sites for hydroxylation is 1. The average molecular weight is 357 g/mol. The Kier molecular flexibility index (Phi) is 4.12. The maximum atomic E-state index is 12.5. The molecule has 130 valence electrons. The highest BCUT2D eigenvalue weighted by Gasteiger charge is 2.20. The van der Waals surface area contributed by atoms with Gasteiger partial charge in [0.25, 0.3) is 5.56 Å². The molecular formula is C17H19N5O2S. The second-order valence-corrected chi connectivity index (χ2v) is 7.30. The van der Waals surface area contributed by atoms with Crippen LogP contribution in [0.1, 0.15) is 37.3 Å². The molecule has 1 aliphatic rings. The molecule has 0 spiro atoms. The zero-order valence-corrected chi connectivity index (χ0v) is 14.8. The highest BCUT2D eigenvalue weighted by Crippen LogP contribution is 2.31. The van der Waals surface area contributed by atoms with Crippen LogP contribution in [0.5, 0.6) is 0 Å². The molecule has 1 aliphatic carbocycles. The van der Waals surface area contributed by atoms with Gasteiger partial charge in [0.05, 0.1) is 24.1 Å². The van der Waals surface area contributed by atoms with E-state index in [9.17, 15) is 9.59 Å². The summed E-state index contributed by atoms with van der Waals surface area (Å²) in [5, 5.41) is 9.12. The molecule has 3 aromatic heterocycles. The zero-order chi connectivity index (χ0) is 17.4. The topological polar surface area (TPSA) is 81.8 Å². The van der Waals surface area contributed by atoms with Crippen LogP contribution in [0.15, 0.2) is 28.8 Å². The van der Waals surface area contributed by atoms with Crippen LogP contribution in [0, 0.1) is 6.92 Å². The van der Waals surface area contributed by atoms with Crippen LogP contribution in [0.3, 0.4) is 0 Å². The number of amides is 1. The van der Waals surface area contributed by atoms with Crippen molar-refractivity contribution in [2.24, 2.45) is 0 Å². The van der Waals surface area contributed by atoms with Gasteiger partial charge in [-0.3, -0.25) is 14.2 Å². The van der Waals surface area contributed by atoms with E-state index < -0.39 is 0 Å². The van der Waals surface area contributed by atoms with Crippen LogP contribution in [0.4, 0.5) is 5.82 Å². The van der Waals surface area contributed by atoms with E-state index >= 15 is 0 Å². The van der Waals surface area contributed by atoms with Crippen molar-refractivity contribution < 1.29 is 4.79 Å². The number of hydrogen-bond donors (Lipinski definition) is 1. The standard InChI is InChI=1S/C17H19N5O2S/c1-11-9-25-16-15(11)18-10-21(17(16)24)8-14(23)20-13-6-7-19-22(13)12-4-2-3-5-12/h6-7,9-10,12H,2-5,8H2,1H3,(H,20,23). The first kappa shape index (κ1) is 16.0. The number of thiophene rings is 1. The summed E-state index contributed by atoms with van der Waals surface area (Å²) in [6.45, 7) is 1.86. The summed E-state index contributed by atoms with van der Waals surface area (Å²) in [6, 6.07) is 2.14. The van der Waals surface area contributed by atoms with Crippen molar-refractivity contribution >= 4 is 33.3 Å². The number of nitrogens with one attached hydrogen (secondary N) is 1. The number of fused-ring (bicyclic) bond motifs is 1. The molecule has 1 amide bonds. The number of hydrogen-bond acceptors (Lipinski definition) is 5. The number of carbonyl (C=O) groups excluding carboxylic acids is 1. The van der Waals surface area contributed by atoms with Gasteiger partial charge in [-0.2, -0.15) is 5.10 Å². The fourth-order valence-corrected chi connectivity index (χ4v) is 4.31. The molecular weight excluding hydrogens is 338 g/mol. The van der Waals surface area contributed by atoms with Crippen molar-refractivity contribution in [2.75, 3.05) is 5.32 Å². The Morgan fingerprint density at radius 1 is 1.40 bits per heavy atom. The van der Waals surface area contributed by atoms with Crippen LogP contribution in [0.2, 0.25) is 0 Å². The number of rotatable bonds is 4. The van der Waals surface area contributed by atoms with Gasteiger partial charge >= 0.3 is 0 Å². The van der Waals surface area contributed by atoms with Gasteiger partial charge < -0.3 is 5.32 Å². The summed E-state index contributed by atoms with van der Waals surface area (Å²) in [7, 11) is 0. The maximum absolute atomic E-state index is 12.5. The monoisotopic (exact) mass is 357 g/mol. The van der Waals surface area contributed by atoms with Crippen LogP contribution < -0.4 is 10.9 Å². The first-order valence-electron chi connectivity index (χ1n) is 8.40. The highest BCUT2D eigenvalue weighted by atomic mass is 32.1. The second kappa shape index (κ2) is 6.44. The molecule has 0 saturated heterocycles. The number of aromatic nitrogens is 4. The smallest absolute Gasteiger partial charge is 0.271 e. The van der Waals surface area contributed by atoms with Crippen LogP contribution in [-0.2, 0) is 11.3 Å². The summed E-state index contributed by atoms with van der Waals surface area (Å²) >= 11 is 1.36. The molecule has 3 aromatic rings. The van der Waals surface area contributed by atoms with E-state index in [0.717, 1.165) is 18.4 Å². The number of carbonyl (C=O) groups is 1. The van der Waals surface area contributed by atoms with Crippen molar-refractivity contribution in [1.82, 2.24) is 19.3 Å². The summed E-state index contributed by atoms with van der Waals surface area (Å²) in [6.07, 6.45) is 7.70. The van der Waals surface area contributed by atoms with Crippen molar-refractivity contribution in [3.05, 3.63) is 39.9 Å². The van der Waals surface area contributed by atoms with Gasteiger partial charge in [0.15, 0.2) is 0 Å². The molecule has 4 rings (SSSR count). The third-order valence-corrected chi connectivity index (χ3v) is 5.72. The van der Waals surface area contributed by atoms with E-state index in [-0.39, 0.29) is 18.0 Å². The maximum Gasteiger partial charge on any atom is 0.271 e. The van der Waals surface area contributed by atoms with E-state index in [1.54, 1.807) is 12.3 Å². The second-order valence-electron chi connectivity index (χ2n) is 6.42. The van der Waals surface area contributed by atoms with Gasteiger partial charge in [-0.05, 0) is 30.7 Å². The molecule has 0 unspecified atom stereocenters. The minimum Gasteiger partial charge on any atom is -0.309 e. The normalized spacial score (nSPS) is 15.1. The molecule has 0 atom stereocenters. The molecule has 0 aliphatic heterocycles. The molecule has 0 bridgehead atoms. The van der Waals surface area contributed by atoms with Gasteiger partial charge in [0, 0.05) is 6.07 Å². The van der Waals surface area contributed by atoms with Gasteiger partial charge in [-0.1, -0.05) is 12.8 Å². The Bertz CT molecular complexity index is 980. The zero-order valence-electron chi connectivity index (χ0n) is 13.9. The van der Waals surface area contributed by atoms with Crippen LogP contribution in [0.25, 0.3) is 10.2 Å². The van der Waals surface area contributed by atoms with Gasteiger partial charge in [0.1, 0.15) is 17.1 Å². The largest absolute Gasteiger partial charge is 0.309 e. The van der Waals surface area contributed by atoms with E-state index in [1.165, 1.54) is 35.1 Å². The van der Waals surface area contributed by atoms with E-state index in [1.807, 2.05) is 17.0 Å². The fourth-order valence-electron chi connectivity index (χ4n) is 3.36. The van der Waals surface area contributed by atoms with Crippen molar-refractivity contribution in [3.8, 4) is 0 Å². The SMILES string of the molecule is Cc1csc2c(=O)n(CC(=O)Nc3ccnn3C3CCCC3)cnc12. The lowest BCUT2D eigenvalue weighted by Gasteiger charge is -2.14. The molecule has 1 N–H and O–H groups in total. The molecule has 8 heteroatoms. The van der Waals surface area contributed by atoms with Gasteiger partial charge in [-0.15, -0.1) is 11.3 Å². The summed E-state index contributed by atoms with van der Waals surface area (Å²) in [5.41, 5.74) is 1.52. The van der Waals surface area contributed by atoms with Crippen molar-refractivity contribution in [3.63, 3.8) is 0 Å². The van der Waals surface area contributed by atoms with E-state index in [4.69, 9.17) is 0 Å².